The van der Waals surface area contributed by atoms with Gasteiger partial charge in [0.25, 0.3) is 0 Å². The fourth-order valence-electron chi connectivity index (χ4n) is 2.78. The third-order valence-electron chi connectivity index (χ3n) is 4.27. The second-order valence-corrected chi connectivity index (χ2v) is 5.88. The summed E-state index contributed by atoms with van der Waals surface area (Å²) in [5, 5.41) is 10.8. The Balaban J connectivity index is 2.22. The van der Waals surface area contributed by atoms with Crippen LogP contribution in [0.25, 0.3) is 0 Å². The summed E-state index contributed by atoms with van der Waals surface area (Å²) in [7, 11) is 1.66. The van der Waals surface area contributed by atoms with Crippen LogP contribution in [0.15, 0.2) is 18.2 Å². The first-order valence-electron chi connectivity index (χ1n) is 7.12. The van der Waals surface area contributed by atoms with Gasteiger partial charge in [0, 0.05) is 18.6 Å². The molecule has 1 N–H and O–H groups in total. The van der Waals surface area contributed by atoms with Gasteiger partial charge in [-0.1, -0.05) is 6.07 Å². The molecular weight excluding hydrogens is 254 g/mol. The summed E-state index contributed by atoms with van der Waals surface area (Å²) in [6, 6.07) is 5.83. The molecular formula is C16H25NO3. The smallest absolute Gasteiger partial charge is 0.119 e. The van der Waals surface area contributed by atoms with E-state index < -0.39 is 6.10 Å². The Morgan fingerprint density at radius 2 is 1.95 bits per heavy atom. The fourth-order valence-corrected chi connectivity index (χ4v) is 2.78. The molecule has 1 heterocycles. The number of benzene rings is 1. The number of rotatable bonds is 4. The second-order valence-electron chi connectivity index (χ2n) is 5.88. The Labute approximate surface area is 121 Å². The van der Waals surface area contributed by atoms with Gasteiger partial charge < -0.3 is 14.6 Å². The predicted octanol–water partition coefficient (Wildman–Crippen LogP) is 2.15. The maximum absolute atomic E-state index is 10.8. The summed E-state index contributed by atoms with van der Waals surface area (Å²) in [5.41, 5.74) is 1.70. The Kier molecular flexibility index (Phi) is 4.68. The van der Waals surface area contributed by atoms with E-state index in [0.717, 1.165) is 43.2 Å². The van der Waals surface area contributed by atoms with E-state index in [-0.39, 0.29) is 5.54 Å². The van der Waals surface area contributed by atoms with Crippen LogP contribution >= 0.6 is 0 Å². The van der Waals surface area contributed by atoms with E-state index in [2.05, 4.69) is 18.7 Å². The Morgan fingerprint density at radius 1 is 1.30 bits per heavy atom. The molecule has 1 fully saturated rings. The quantitative estimate of drug-likeness (QED) is 0.917. The van der Waals surface area contributed by atoms with Gasteiger partial charge in [-0.05, 0) is 44.0 Å². The van der Waals surface area contributed by atoms with Crippen molar-refractivity contribution in [2.75, 3.05) is 33.4 Å². The molecule has 4 heteroatoms. The monoisotopic (exact) mass is 279 g/mol. The zero-order valence-electron chi connectivity index (χ0n) is 12.8. The molecule has 0 bridgehead atoms. The molecule has 0 aliphatic carbocycles. The van der Waals surface area contributed by atoms with Gasteiger partial charge in [0.2, 0.25) is 0 Å². The van der Waals surface area contributed by atoms with Gasteiger partial charge >= 0.3 is 0 Å². The molecule has 0 spiro atoms. The summed E-state index contributed by atoms with van der Waals surface area (Å²) in [6.07, 6.45) is -0.536. The zero-order valence-corrected chi connectivity index (χ0v) is 12.8. The SMILES string of the molecule is COc1ccc(C(O)C(C)(C)N2CCOCC2)c(C)c1. The molecule has 1 aromatic rings. The fraction of sp³-hybridized carbons (Fsp3) is 0.625. The van der Waals surface area contributed by atoms with Gasteiger partial charge in [-0.25, -0.2) is 0 Å². The van der Waals surface area contributed by atoms with Crippen molar-refractivity contribution in [3.8, 4) is 5.75 Å². The van der Waals surface area contributed by atoms with Crippen LogP contribution in [-0.2, 0) is 4.74 Å². The van der Waals surface area contributed by atoms with Crippen molar-refractivity contribution < 1.29 is 14.6 Å². The first-order valence-corrected chi connectivity index (χ1v) is 7.12. The van der Waals surface area contributed by atoms with Gasteiger partial charge in [0.05, 0.1) is 26.4 Å². The van der Waals surface area contributed by atoms with Crippen molar-refractivity contribution >= 4 is 0 Å². The molecule has 0 saturated carbocycles. The highest BCUT2D eigenvalue weighted by atomic mass is 16.5. The number of aryl methyl sites for hydroxylation is 1. The van der Waals surface area contributed by atoms with Crippen LogP contribution in [0.5, 0.6) is 5.75 Å². The van der Waals surface area contributed by atoms with Crippen LogP contribution in [0.4, 0.5) is 0 Å². The Hall–Kier alpha value is -1.10. The molecule has 2 rings (SSSR count). The van der Waals surface area contributed by atoms with Crippen LogP contribution in [-0.4, -0.2) is 49.0 Å². The molecule has 0 radical (unpaired) electrons. The molecule has 1 aliphatic rings. The largest absolute Gasteiger partial charge is 0.497 e. The minimum atomic E-state index is -0.536. The molecule has 4 nitrogen and oxygen atoms in total. The molecule has 1 aliphatic heterocycles. The van der Waals surface area contributed by atoms with Crippen molar-refractivity contribution in [3.05, 3.63) is 29.3 Å². The average Bonchev–Trinajstić information content (AvgIpc) is 2.47. The van der Waals surface area contributed by atoms with E-state index in [9.17, 15) is 5.11 Å². The molecule has 1 unspecified atom stereocenters. The normalized spacial score (nSPS) is 18.9. The van der Waals surface area contributed by atoms with Crippen molar-refractivity contribution in [2.45, 2.75) is 32.4 Å². The number of nitrogens with zero attached hydrogens (tertiary/aromatic N) is 1. The van der Waals surface area contributed by atoms with Crippen LogP contribution in [0, 0.1) is 6.92 Å². The van der Waals surface area contributed by atoms with E-state index in [1.54, 1.807) is 7.11 Å². The van der Waals surface area contributed by atoms with Crippen molar-refractivity contribution in [3.63, 3.8) is 0 Å². The first kappa shape index (κ1) is 15.3. The third kappa shape index (κ3) is 2.97. The number of morpholine rings is 1. The van der Waals surface area contributed by atoms with Crippen LogP contribution in [0.2, 0.25) is 0 Å². The van der Waals surface area contributed by atoms with Crippen molar-refractivity contribution in [1.29, 1.82) is 0 Å². The summed E-state index contributed by atoms with van der Waals surface area (Å²) in [5.74, 6) is 0.822. The lowest BCUT2D eigenvalue weighted by Crippen LogP contribution is -2.53. The highest BCUT2D eigenvalue weighted by molar-refractivity contribution is 5.37. The Bertz CT molecular complexity index is 453. The number of methoxy groups -OCH3 is 1. The lowest BCUT2D eigenvalue weighted by molar-refractivity contribution is -0.0632. The van der Waals surface area contributed by atoms with Crippen molar-refractivity contribution in [1.82, 2.24) is 4.90 Å². The zero-order chi connectivity index (χ0) is 14.8. The minimum absolute atomic E-state index is 0.316. The molecule has 0 aromatic heterocycles. The van der Waals surface area contributed by atoms with Gasteiger partial charge in [0.1, 0.15) is 5.75 Å². The summed E-state index contributed by atoms with van der Waals surface area (Å²) in [6.45, 7) is 9.38. The number of ether oxygens (including phenoxy) is 2. The lowest BCUT2D eigenvalue weighted by Gasteiger charge is -2.44. The highest BCUT2D eigenvalue weighted by Crippen LogP contribution is 2.34. The Morgan fingerprint density at radius 3 is 2.50 bits per heavy atom. The van der Waals surface area contributed by atoms with Gasteiger partial charge in [0.15, 0.2) is 0 Å². The number of aliphatic hydroxyl groups is 1. The topological polar surface area (TPSA) is 41.9 Å². The highest BCUT2D eigenvalue weighted by Gasteiger charge is 2.36. The lowest BCUT2D eigenvalue weighted by atomic mass is 9.87. The van der Waals surface area contributed by atoms with E-state index in [0.29, 0.717) is 0 Å². The maximum atomic E-state index is 10.8. The van der Waals surface area contributed by atoms with Crippen LogP contribution < -0.4 is 4.74 Å². The number of aliphatic hydroxyl groups excluding tert-OH is 1. The van der Waals surface area contributed by atoms with Crippen molar-refractivity contribution in [2.24, 2.45) is 0 Å². The molecule has 0 amide bonds. The number of hydrogen-bond donors (Lipinski definition) is 1. The summed E-state index contributed by atoms with van der Waals surface area (Å²) < 4.78 is 10.6. The molecule has 20 heavy (non-hydrogen) atoms. The standard InChI is InChI=1S/C16H25NO3/c1-12-11-13(19-4)5-6-14(12)15(18)16(2,3)17-7-9-20-10-8-17/h5-6,11,15,18H,7-10H2,1-4H3. The minimum Gasteiger partial charge on any atom is -0.497 e. The summed E-state index contributed by atoms with van der Waals surface area (Å²) >= 11 is 0. The molecule has 1 saturated heterocycles. The molecule has 1 aromatic carbocycles. The van der Waals surface area contributed by atoms with Crippen LogP contribution in [0.3, 0.4) is 0 Å². The van der Waals surface area contributed by atoms with Crippen LogP contribution in [0.1, 0.15) is 31.1 Å². The van der Waals surface area contributed by atoms with Gasteiger partial charge in [-0.2, -0.15) is 0 Å². The predicted molar refractivity (Wildman–Crippen MR) is 79.2 cm³/mol. The third-order valence-corrected chi connectivity index (χ3v) is 4.27. The average molecular weight is 279 g/mol. The maximum Gasteiger partial charge on any atom is 0.119 e. The van der Waals surface area contributed by atoms with Gasteiger partial charge in [-0.3, -0.25) is 4.90 Å². The molecule has 112 valence electrons. The van der Waals surface area contributed by atoms with E-state index >= 15 is 0 Å². The summed E-state index contributed by atoms with van der Waals surface area (Å²) in [4.78, 5) is 2.30. The van der Waals surface area contributed by atoms with Gasteiger partial charge in [-0.15, -0.1) is 0 Å². The number of hydrogen-bond acceptors (Lipinski definition) is 4. The van der Waals surface area contributed by atoms with E-state index in [1.165, 1.54) is 0 Å². The second kappa shape index (κ2) is 6.12. The first-order chi connectivity index (χ1) is 9.46. The van der Waals surface area contributed by atoms with E-state index in [4.69, 9.17) is 9.47 Å². The van der Waals surface area contributed by atoms with E-state index in [1.807, 2.05) is 25.1 Å². The molecule has 1 atom stereocenters.